The van der Waals surface area contributed by atoms with Crippen LogP contribution < -0.4 is 5.43 Å². The number of anilines is 1. The minimum absolute atomic E-state index is 0.112. The van der Waals surface area contributed by atoms with Crippen LogP contribution in [-0.4, -0.2) is 123 Å². The van der Waals surface area contributed by atoms with Gasteiger partial charge in [0, 0.05) is 43.0 Å². The number of carbonyl (C=O) groups excluding carboxylic acids is 1. The molecule has 0 spiro atoms. The number of fused-ring (bicyclic) bond motifs is 2. The highest BCUT2D eigenvalue weighted by Gasteiger charge is 2.28. The van der Waals surface area contributed by atoms with Crippen molar-refractivity contribution >= 4 is 113 Å². The number of nitrogens with zero attached hydrogens (tertiary/aromatic N) is 5. The fourth-order valence-electron chi connectivity index (χ4n) is 5.38. The molecule has 0 aliphatic carbocycles. The van der Waals surface area contributed by atoms with Crippen molar-refractivity contribution in [2.45, 2.75) is 51.1 Å². The van der Waals surface area contributed by atoms with Crippen LogP contribution in [0.15, 0.2) is 18.5 Å². The SMILES string of the molecule is BB(CC)Cc1nn(CB(CB(B)B(B)B)B(B)B)c2cc3ncnc(NN4CCC[C@H]4C=O)c3cc12. The molecule has 18 heteroatoms. The van der Waals surface area contributed by atoms with Crippen molar-refractivity contribution in [2.75, 3.05) is 12.0 Å². The van der Waals surface area contributed by atoms with Gasteiger partial charge in [0.15, 0.2) is 5.82 Å². The van der Waals surface area contributed by atoms with E-state index in [2.05, 4.69) is 85.6 Å². The van der Waals surface area contributed by atoms with Crippen molar-refractivity contribution < 1.29 is 4.79 Å². The van der Waals surface area contributed by atoms with Gasteiger partial charge in [-0.15, -0.1) is 6.22 Å². The van der Waals surface area contributed by atoms with Crippen LogP contribution in [0.2, 0.25) is 12.5 Å². The van der Waals surface area contributed by atoms with Gasteiger partial charge in [0.1, 0.15) is 25.8 Å². The van der Waals surface area contributed by atoms with Gasteiger partial charge in [-0.2, -0.15) is 5.10 Å². The minimum atomic E-state index is -0.112. The molecule has 1 N–H and O–H groups in total. The summed E-state index contributed by atoms with van der Waals surface area (Å²) in [5.41, 5.74) is 6.65. The lowest BCUT2D eigenvalue weighted by Gasteiger charge is -2.22. The van der Waals surface area contributed by atoms with Crippen LogP contribution in [0.3, 0.4) is 0 Å². The highest BCUT2D eigenvalue weighted by atomic mass is 16.1. The molecule has 2 aromatic heterocycles. The largest absolute Gasteiger partial charge is 0.302 e. The summed E-state index contributed by atoms with van der Waals surface area (Å²) in [6.07, 6.45) is 9.99. The van der Waals surface area contributed by atoms with Crippen molar-refractivity contribution in [3.8, 4) is 0 Å². The predicted molar refractivity (Wildman–Crippen MR) is 181 cm³/mol. The highest BCUT2D eigenvalue weighted by molar-refractivity contribution is 7.69. The summed E-state index contributed by atoms with van der Waals surface area (Å²) in [6, 6.07) is 4.30. The molecule has 4 rings (SSSR count). The first-order valence-corrected chi connectivity index (χ1v) is 14.3. The summed E-state index contributed by atoms with van der Waals surface area (Å²) in [4.78, 5) is 20.8. The maximum atomic E-state index is 11.5. The van der Waals surface area contributed by atoms with E-state index in [9.17, 15) is 4.79 Å². The first kappa shape index (κ1) is 28.2. The zero-order valence-electron chi connectivity index (χ0n) is 23.9. The Morgan fingerprint density at radius 2 is 1.89 bits per heavy atom. The average Bonchev–Trinajstić information content (AvgIpc) is 3.46. The predicted octanol–water partition coefficient (Wildman–Crippen LogP) is -4.44. The third-order valence-corrected chi connectivity index (χ3v) is 8.69. The van der Waals surface area contributed by atoms with Gasteiger partial charge >= 0.3 is 0 Å². The van der Waals surface area contributed by atoms with Gasteiger partial charge in [-0.3, -0.25) is 4.68 Å². The molecule has 7 nitrogen and oxygen atoms in total. The Bertz CT molecular complexity index is 1230. The quantitative estimate of drug-likeness (QED) is 0.208. The van der Waals surface area contributed by atoms with E-state index in [1.807, 2.05) is 5.01 Å². The Labute approximate surface area is 229 Å². The summed E-state index contributed by atoms with van der Waals surface area (Å²) in [5.74, 6) is 0.758. The summed E-state index contributed by atoms with van der Waals surface area (Å²) in [6.45, 7) is 4.88. The van der Waals surface area contributed by atoms with Gasteiger partial charge in [-0.1, -0.05) is 13.2 Å². The van der Waals surface area contributed by atoms with E-state index in [-0.39, 0.29) is 6.04 Å². The molecule has 0 bridgehead atoms. The maximum Gasteiger partial charge on any atom is 0.151 e. The van der Waals surface area contributed by atoms with Gasteiger partial charge < -0.3 is 10.2 Å². The third-order valence-electron chi connectivity index (χ3n) is 8.69. The maximum absolute atomic E-state index is 11.5. The molecule has 1 aliphatic rings. The number of hydrazine groups is 1. The molecule has 0 saturated carbocycles. The van der Waals surface area contributed by atoms with Crippen LogP contribution in [-0.2, 0) is 17.6 Å². The van der Waals surface area contributed by atoms with Crippen LogP contribution in [0.5, 0.6) is 0 Å². The Morgan fingerprint density at radius 1 is 1.11 bits per heavy atom. The molecule has 1 aromatic carbocycles. The average molecular weight is 482 g/mol. The second-order valence-electron chi connectivity index (χ2n) is 12.1. The molecule has 0 amide bonds. The van der Waals surface area contributed by atoms with Crippen LogP contribution in [0.4, 0.5) is 5.82 Å². The van der Waals surface area contributed by atoms with Crippen LogP contribution in [0.1, 0.15) is 25.5 Å². The van der Waals surface area contributed by atoms with E-state index in [1.54, 1.807) is 6.33 Å². The van der Waals surface area contributed by atoms with Gasteiger partial charge in [0.2, 0.25) is 0 Å². The zero-order valence-corrected chi connectivity index (χ0v) is 23.9. The van der Waals surface area contributed by atoms with E-state index in [4.69, 9.17) is 5.10 Å². The van der Waals surface area contributed by atoms with Crippen LogP contribution >= 0.6 is 0 Å². The molecule has 1 fully saturated rings. The Kier molecular flexibility index (Phi) is 9.41. The molecule has 1 saturated heterocycles. The molecule has 3 heterocycles. The third kappa shape index (κ3) is 6.43. The molecule has 1 aliphatic heterocycles. The molecule has 0 unspecified atom stereocenters. The van der Waals surface area contributed by atoms with Crippen LogP contribution in [0.25, 0.3) is 21.8 Å². The Balaban J connectivity index is 1.76. The molecule has 0 radical (unpaired) electrons. The summed E-state index contributed by atoms with van der Waals surface area (Å²) >= 11 is 0. The number of aldehydes is 1. The summed E-state index contributed by atoms with van der Waals surface area (Å²) in [7, 11) is 14.0. The van der Waals surface area contributed by atoms with Gasteiger partial charge in [0.05, 0.1) is 69.2 Å². The lowest BCUT2D eigenvalue weighted by Crippen LogP contribution is -2.49. The van der Waals surface area contributed by atoms with E-state index < -0.39 is 0 Å². The fraction of sp³-hybridized carbons (Fsp3) is 0.474. The van der Waals surface area contributed by atoms with Crippen molar-refractivity contribution in [2.24, 2.45) is 0 Å². The fourth-order valence-corrected chi connectivity index (χ4v) is 5.38. The second-order valence-corrected chi connectivity index (χ2v) is 12.1. The number of rotatable bonds is 12. The molecule has 1 atom stereocenters. The Hall–Kier alpha value is -1.83. The summed E-state index contributed by atoms with van der Waals surface area (Å²) < 4.78 is 2.25. The lowest BCUT2D eigenvalue weighted by molar-refractivity contribution is -0.111. The number of aromatic nitrogens is 4. The summed E-state index contributed by atoms with van der Waals surface area (Å²) in [5, 5.41) is 9.40. The molecular weight excluding hydrogens is 447 g/mol. The van der Waals surface area contributed by atoms with E-state index in [1.165, 1.54) is 11.6 Å². The lowest BCUT2D eigenvalue weighted by atomic mass is 8.79. The highest BCUT2D eigenvalue weighted by Crippen LogP contribution is 2.30. The standard InChI is InChI=1S/C19H35B11N6O/c1-2-26(20)8-17-14-6-15-16(31-12-32-19(15)34-35-5-3-4-13(35)9-37)7-18(14)36(33-17)11-27(29(22)23)10-28(21)30(24)25/h6-7,9,12-13H,2-5,8,10-11,20-25H2,1H3,(H,31,32,34)/t13-/m0/s1. The smallest absolute Gasteiger partial charge is 0.151 e. The molecule has 37 heavy (non-hydrogen) atoms. The number of benzene rings is 1. The van der Waals surface area contributed by atoms with E-state index >= 15 is 0 Å². The number of hydrogen-bond acceptors (Lipinski definition) is 6. The number of carbonyl (C=O) groups is 1. The first-order chi connectivity index (χ1) is 17.7. The van der Waals surface area contributed by atoms with Gasteiger partial charge in [-0.05, 0) is 31.3 Å². The monoisotopic (exact) mass is 484 g/mol. The Morgan fingerprint density at radius 3 is 2.57 bits per heavy atom. The topological polar surface area (TPSA) is 75.9 Å². The number of nitrogens with one attached hydrogen (secondary N) is 1. The molecular formula is C19H35B11N6O. The second kappa shape index (κ2) is 12.4. The molecule has 3 aromatic rings. The van der Waals surface area contributed by atoms with Crippen LogP contribution in [0, 0.1) is 0 Å². The van der Waals surface area contributed by atoms with Crippen molar-refractivity contribution in [3.05, 3.63) is 24.2 Å². The van der Waals surface area contributed by atoms with Crippen molar-refractivity contribution in [1.82, 2.24) is 24.8 Å². The van der Waals surface area contributed by atoms with E-state index in [0.29, 0.717) is 32.5 Å². The van der Waals surface area contributed by atoms with Gasteiger partial charge in [-0.25, -0.2) is 15.0 Å². The van der Waals surface area contributed by atoms with Crippen molar-refractivity contribution in [3.63, 3.8) is 0 Å². The number of hydrogen-bond donors (Lipinski definition) is 1. The molecule has 180 valence electrons. The normalized spacial score (nSPS) is 15.6. The van der Waals surface area contributed by atoms with Gasteiger partial charge in [0.25, 0.3) is 0 Å². The van der Waals surface area contributed by atoms with E-state index in [0.717, 1.165) is 72.7 Å². The first-order valence-electron chi connectivity index (χ1n) is 14.3. The minimum Gasteiger partial charge on any atom is -0.302 e. The van der Waals surface area contributed by atoms with Crippen molar-refractivity contribution in [1.29, 1.82) is 0 Å². The zero-order chi connectivity index (χ0) is 26.7.